The Hall–Kier alpha value is -3.03. The van der Waals surface area contributed by atoms with Crippen LogP contribution in [0.4, 0.5) is 15.8 Å². The van der Waals surface area contributed by atoms with Crippen LogP contribution in [0.2, 0.25) is 0 Å². The van der Waals surface area contributed by atoms with Crippen LogP contribution in [-0.4, -0.2) is 56.0 Å². The van der Waals surface area contributed by atoms with Gasteiger partial charge in [0.15, 0.2) is 0 Å². The van der Waals surface area contributed by atoms with Crippen LogP contribution in [0.15, 0.2) is 58.3 Å². The predicted octanol–water partition coefficient (Wildman–Crippen LogP) is 3.79. The van der Waals surface area contributed by atoms with Crippen molar-refractivity contribution in [2.75, 3.05) is 38.6 Å². The van der Waals surface area contributed by atoms with E-state index in [1.807, 2.05) is 20.2 Å². The molecule has 1 aliphatic rings. The summed E-state index contributed by atoms with van der Waals surface area (Å²) in [6.07, 6.45) is 2.12. The Kier molecular flexibility index (Phi) is 7.20. The van der Waals surface area contributed by atoms with E-state index in [1.54, 1.807) is 22.8 Å². The first kappa shape index (κ1) is 23.1. The molecule has 0 aliphatic carbocycles. The number of anilines is 1. The molecule has 6 nitrogen and oxygen atoms in total. The van der Waals surface area contributed by atoms with Gasteiger partial charge in [-0.3, -0.25) is 9.79 Å². The van der Waals surface area contributed by atoms with E-state index in [-0.39, 0.29) is 11.4 Å². The van der Waals surface area contributed by atoms with E-state index in [2.05, 4.69) is 39.0 Å². The Morgan fingerprint density at radius 1 is 1.09 bits per heavy atom. The molecule has 4 rings (SSSR count). The van der Waals surface area contributed by atoms with Gasteiger partial charge in [-0.15, -0.1) is 0 Å². The van der Waals surface area contributed by atoms with E-state index < -0.39 is 0 Å². The van der Waals surface area contributed by atoms with Crippen LogP contribution < -0.4 is 15.8 Å². The zero-order valence-electron chi connectivity index (χ0n) is 19.4. The quantitative estimate of drug-likeness (QED) is 0.532. The molecule has 0 radical (unpaired) electrons. The molecule has 33 heavy (non-hydrogen) atoms. The van der Waals surface area contributed by atoms with Gasteiger partial charge in [-0.25, -0.2) is 4.39 Å². The molecule has 0 bridgehead atoms. The van der Waals surface area contributed by atoms with Crippen LogP contribution in [0.25, 0.3) is 10.9 Å². The maximum atomic E-state index is 13.7. The Balaban J connectivity index is 1.30. The summed E-state index contributed by atoms with van der Waals surface area (Å²) in [6, 6.07) is 14.7. The minimum absolute atomic E-state index is 0.0839. The average molecular weight is 450 g/mol. The number of piperidine rings is 1. The highest BCUT2D eigenvalue weighted by Crippen LogP contribution is 2.28. The van der Waals surface area contributed by atoms with Crippen LogP contribution >= 0.6 is 0 Å². The lowest BCUT2D eigenvalue weighted by atomic mass is 10.0. The molecule has 2 aromatic carbocycles. The number of aromatic nitrogens is 1. The molecule has 1 aliphatic heterocycles. The topological polar surface area (TPSA) is 52.9 Å². The molecule has 1 fully saturated rings. The number of pyridine rings is 1. The first-order valence-corrected chi connectivity index (χ1v) is 11.5. The van der Waals surface area contributed by atoms with Crippen molar-refractivity contribution in [3.8, 4) is 0 Å². The lowest BCUT2D eigenvalue weighted by molar-refractivity contribution is 0.191. The fraction of sp³-hybridized carbons (Fsp3) is 0.385. The van der Waals surface area contributed by atoms with Crippen molar-refractivity contribution in [1.29, 1.82) is 0 Å². The van der Waals surface area contributed by atoms with Crippen LogP contribution in [0.1, 0.15) is 18.4 Å². The first-order valence-electron chi connectivity index (χ1n) is 11.5. The normalized spacial score (nSPS) is 15.1. The molecule has 0 saturated carbocycles. The number of hydrogen-bond donors (Lipinski definition) is 1. The molecule has 1 saturated heterocycles. The molecular formula is C26H32FN5O. The molecule has 3 aromatic rings. The summed E-state index contributed by atoms with van der Waals surface area (Å²) in [4.78, 5) is 20.9. The molecule has 1 N–H and O–H groups in total. The second-order valence-corrected chi connectivity index (χ2v) is 8.90. The van der Waals surface area contributed by atoms with Crippen molar-refractivity contribution >= 4 is 29.0 Å². The third kappa shape index (κ3) is 5.49. The number of nitrogens with one attached hydrogen (secondary N) is 1. The minimum atomic E-state index is -0.318. The summed E-state index contributed by atoms with van der Waals surface area (Å²) in [5, 5.41) is 4.57. The van der Waals surface area contributed by atoms with Gasteiger partial charge in [-0.2, -0.15) is 0 Å². The maximum Gasteiger partial charge on any atom is 0.251 e. The number of halogens is 1. The van der Waals surface area contributed by atoms with Gasteiger partial charge in [0.1, 0.15) is 5.82 Å². The summed E-state index contributed by atoms with van der Waals surface area (Å²) in [5.41, 5.74) is 3.78. The fourth-order valence-electron chi connectivity index (χ4n) is 4.53. The van der Waals surface area contributed by atoms with Gasteiger partial charge in [-0.1, -0.05) is 6.07 Å². The summed E-state index contributed by atoms with van der Waals surface area (Å²) in [6.45, 7) is 7.78. The smallest absolute Gasteiger partial charge is 0.251 e. The Morgan fingerprint density at radius 3 is 2.58 bits per heavy atom. The van der Waals surface area contributed by atoms with Crippen LogP contribution in [0.5, 0.6) is 0 Å². The largest absolute Gasteiger partial charge is 0.376 e. The van der Waals surface area contributed by atoms with E-state index in [9.17, 15) is 9.18 Å². The Bertz CT molecular complexity index is 1180. The van der Waals surface area contributed by atoms with E-state index >= 15 is 0 Å². The van der Waals surface area contributed by atoms with E-state index in [4.69, 9.17) is 0 Å². The van der Waals surface area contributed by atoms with Gasteiger partial charge in [0, 0.05) is 45.8 Å². The van der Waals surface area contributed by atoms with E-state index in [1.165, 1.54) is 17.7 Å². The number of hydrogen-bond acceptors (Lipinski definition) is 5. The zero-order valence-corrected chi connectivity index (χ0v) is 19.4. The Morgan fingerprint density at radius 2 is 1.85 bits per heavy atom. The van der Waals surface area contributed by atoms with Gasteiger partial charge in [0.25, 0.3) is 5.56 Å². The second-order valence-electron chi connectivity index (χ2n) is 8.90. The molecule has 0 unspecified atom stereocenters. The van der Waals surface area contributed by atoms with Gasteiger partial charge in [0.05, 0.1) is 16.9 Å². The molecule has 0 amide bonds. The number of nitrogens with zero attached hydrogens (tertiary/aromatic N) is 4. The first-order chi connectivity index (χ1) is 15.9. The van der Waals surface area contributed by atoms with Crippen molar-refractivity contribution in [2.24, 2.45) is 4.99 Å². The molecule has 7 heteroatoms. The van der Waals surface area contributed by atoms with Crippen molar-refractivity contribution < 1.29 is 4.39 Å². The van der Waals surface area contributed by atoms with E-state index in [0.29, 0.717) is 18.1 Å². The van der Waals surface area contributed by atoms with E-state index in [0.717, 1.165) is 55.8 Å². The zero-order chi connectivity index (χ0) is 23.4. The van der Waals surface area contributed by atoms with Gasteiger partial charge in [-0.05, 0) is 80.0 Å². The average Bonchev–Trinajstić information content (AvgIpc) is 2.82. The van der Waals surface area contributed by atoms with Crippen LogP contribution in [0.3, 0.4) is 0 Å². The third-order valence-corrected chi connectivity index (χ3v) is 6.47. The van der Waals surface area contributed by atoms with Crippen LogP contribution in [-0.2, 0) is 13.1 Å². The predicted molar refractivity (Wildman–Crippen MR) is 134 cm³/mol. The number of rotatable bonds is 8. The standard InChI is InChI=1S/C26H32FN5O/c1-28-23-8-4-19(16-25(23)30(2)3)18-29-22-10-12-31(13-11-22)14-15-32-24-17-21(27)7-5-20(24)6-9-26(32)33/h4-9,16-17,22,29H,1,10-15,18H2,2-3H3. The highest BCUT2D eigenvalue weighted by atomic mass is 19.1. The lowest BCUT2D eigenvalue weighted by Gasteiger charge is -2.32. The highest BCUT2D eigenvalue weighted by Gasteiger charge is 2.19. The second kappa shape index (κ2) is 10.3. The summed E-state index contributed by atoms with van der Waals surface area (Å²) < 4.78 is 15.4. The summed E-state index contributed by atoms with van der Waals surface area (Å²) >= 11 is 0. The lowest BCUT2D eigenvalue weighted by Crippen LogP contribution is -2.43. The van der Waals surface area contributed by atoms with Crippen molar-refractivity contribution in [3.63, 3.8) is 0 Å². The van der Waals surface area contributed by atoms with Crippen LogP contribution in [0, 0.1) is 5.82 Å². The molecule has 1 aromatic heterocycles. The Labute approximate surface area is 194 Å². The third-order valence-electron chi connectivity index (χ3n) is 6.47. The molecular weight excluding hydrogens is 417 g/mol. The maximum absolute atomic E-state index is 13.7. The highest BCUT2D eigenvalue weighted by molar-refractivity contribution is 5.78. The molecule has 2 heterocycles. The molecule has 174 valence electrons. The number of aliphatic imine (C=N–C) groups is 1. The van der Waals surface area contributed by atoms with Gasteiger partial charge in [0.2, 0.25) is 0 Å². The van der Waals surface area contributed by atoms with Crippen molar-refractivity contribution in [1.82, 2.24) is 14.8 Å². The summed E-state index contributed by atoms with van der Waals surface area (Å²) in [5.74, 6) is -0.318. The summed E-state index contributed by atoms with van der Waals surface area (Å²) in [7, 11) is 4.03. The van der Waals surface area contributed by atoms with Crippen molar-refractivity contribution in [3.05, 3.63) is 70.3 Å². The molecule has 0 atom stereocenters. The monoisotopic (exact) mass is 449 g/mol. The van der Waals surface area contributed by atoms with Gasteiger partial charge < -0.3 is 19.7 Å². The molecule has 0 spiro atoms. The van der Waals surface area contributed by atoms with Crippen molar-refractivity contribution in [2.45, 2.75) is 32.0 Å². The SMILES string of the molecule is C=Nc1ccc(CNC2CCN(CCn3c(=O)ccc4ccc(F)cc43)CC2)cc1N(C)C. The van der Waals surface area contributed by atoms with Gasteiger partial charge >= 0.3 is 0 Å². The fourth-order valence-corrected chi connectivity index (χ4v) is 4.53. The number of fused-ring (bicyclic) bond motifs is 1. The number of benzene rings is 2. The minimum Gasteiger partial charge on any atom is -0.376 e. The number of likely N-dealkylation sites (tertiary alicyclic amines) is 1.